The maximum absolute atomic E-state index is 11.4. The predicted octanol–water partition coefficient (Wildman–Crippen LogP) is 1.07. The first-order valence-electron chi connectivity index (χ1n) is 4.92. The number of hydrogen-bond acceptors (Lipinski definition) is 4. The zero-order valence-electron chi connectivity index (χ0n) is 9.65. The summed E-state index contributed by atoms with van der Waals surface area (Å²) in [4.78, 5) is 28.1. The van der Waals surface area contributed by atoms with Crippen molar-refractivity contribution >= 4 is 23.2 Å². The Labute approximate surface area is 94.5 Å². The smallest absolute Gasteiger partial charge is 0.231 e. The van der Waals surface area contributed by atoms with Crippen molar-refractivity contribution in [3.05, 3.63) is 18.3 Å². The van der Waals surface area contributed by atoms with Crippen LogP contribution in [0.15, 0.2) is 18.3 Å². The van der Waals surface area contributed by atoms with Crippen molar-refractivity contribution in [3.8, 4) is 0 Å². The van der Waals surface area contributed by atoms with E-state index in [4.69, 9.17) is 0 Å². The molecule has 86 valence electrons. The number of nitrogens with one attached hydrogen (secondary N) is 1. The van der Waals surface area contributed by atoms with Crippen LogP contribution in [0, 0.1) is 0 Å². The van der Waals surface area contributed by atoms with Crippen LogP contribution < -0.4 is 10.2 Å². The number of aromatic nitrogens is 1. The van der Waals surface area contributed by atoms with Gasteiger partial charge in [0.15, 0.2) is 5.82 Å². The topological polar surface area (TPSA) is 62.3 Å². The molecule has 5 nitrogen and oxygen atoms in total. The number of rotatable bonds is 4. The second-order valence-electron chi connectivity index (χ2n) is 3.70. The summed E-state index contributed by atoms with van der Waals surface area (Å²) in [5.41, 5.74) is 0.610. The number of nitrogens with zero attached hydrogens (tertiary/aromatic N) is 2. The summed E-state index contributed by atoms with van der Waals surface area (Å²) >= 11 is 0. The Morgan fingerprint density at radius 2 is 2.12 bits per heavy atom. The largest absolute Gasteiger partial charge is 0.361 e. The Morgan fingerprint density at radius 3 is 2.69 bits per heavy atom. The number of amides is 1. The van der Waals surface area contributed by atoms with Crippen molar-refractivity contribution in [1.29, 1.82) is 0 Å². The summed E-state index contributed by atoms with van der Waals surface area (Å²) in [6.45, 7) is 1.38. The molecular weight excluding hydrogens is 206 g/mol. The molecule has 16 heavy (non-hydrogen) atoms. The molecule has 0 aliphatic heterocycles. The highest BCUT2D eigenvalue weighted by molar-refractivity contribution is 6.04. The van der Waals surface area contributed by atoms with Crippen LogP contribution in [0.3, 0.4) is 0 Å². The lowest BCUT2D eigenvalue weighted by molar-refractivity contribution is -0.124. The third-order valence-corrected chi connectivity index (χ3v) is 1.89. The Balaban J connectivity index is 2.80. The van der Waals surface area contributed by atoms with Crippen LogP contribution >= 0.6 is 0 Å². The van der Waals surface area contributed by atoms with Crippen molar-refractivity contribution in [3.63, 3.8) is 0 Å². The quantitative estimate of drug-likeness (QED) is 0.772. The Bertz CT molecular complexity index is 402. The summed E-state index contributed by atoms with van der Waals surface area (Å²) in [5, 5.41) is 2.66. The fourth-order valence-electron chi connectivity index (χ4n) is 1.27. The molecule has 0 aromatic carbocycles. The van der Waals surface area contributed by atoms with Gasteiger partial charge in [0.05, 0.1) is 12.1 Å². The van der Waals surface area contributed by atoms with Crippen molar-refractivity contribution < 1.29 is 9.59 Å². The van der Waals surface area contributed by atoms with E-state index in [-0.39, 0.29) is 18.1 Å². The molecule has 1 heterocycles. The molecule has 0 spiro atoms. The van der Waals surface area contributed by atoms with Crippen LogP contribution in [-0.4, -0.2) is 30.8 Å². The minimum atomic E-state index is -0.316. The van der Waals surface area contributed by atoms with Crippen LogP contribution in [0.4, 0.5) is 11.5 Å². The SMILES string of the molecule is CC(=O)CC(=O)Nc1cccnc1N(C)C. The molecule has 0 unspecified atom stereocenters. The van der Waals surface area contributed by atoms with Gasteiger partial charge in [-0.3, -0.25) is 9.59 Å². The molecule has 5 heteroatoms. The monoisotopic (exact) mass is 221 g/mol. The van der Waals surface area contributed by atoms with E-state index in [2.05, 4.69) is 10.3 Å². The molecule has 1 N–H and O–H groups in total. The number of Topliss-reactive ketones (excluding diaryl/α,β-unsaturated/α-hetero) is 1. The van der Waals surface area contributed by atoms with E-state index in [1.807, 2.05) is 14.1 Å². The predicted molar refractivity (Wildman–Crippen MR) is 62.5 cm³/mol. The lowest BCUT2D eigenvalue weighted by Crippen LogP contribution is -2.19. The molecule has 0 saturated heterocycles. The van der Waals surface area contributed by atoms with Gasteiger partial charge in [0.1, 0.15) is 5.78 Å². The molecule has 0 aliphatic carbocycles. The maximum atomic E-state index is 11.4. The molecule has 1 aromatic rings. The molecule has 0 fully saturated rings. The van der Waals surface area contributed by atoms with Crippen molar-refractivity contribution in [1.82, 2.24) is 4.98 Å². The van der Waals surface area contributed by atoms with Crippen molar-refractivity contribution in [2.45, 2.75) is 13.3 Å². The molecule has 0 bridgehead atoms. The normalized spacial score (nSPS) is 9.69. The van der Waals surface area contributed by atoms with Crippen molar-refractivity contribution in [2.75, 3.05) is 24.3 Å². The number of hydrogen-bond donors (Lipinski definition) is 1. The molecular formula is C11H15N3O2. The van der Waals surface area contributed by atoms with Gasteiger partial charge < -0.3 is 10.2 Å². The van der Waals surface area contributed by atoms with Gasteiger partial charge in [0.25, 0.3) is 0 Å². The van der Waals surface area contributed by atoms with Crippen LogP contribution in [0.5, 0.6) is 0 Å². The van der Waals surface area contributed by atoms with E-state index in [1.54, 1.807) is 23.2 Å². The number of carbonyl (C=O) groups is 2. The maximum Gasteiger partial charge on any atom is 0.231 e. The summed E-state index contributed by atoms with van der Waals surface area (Å²) < 4.78 is 0. The molecule has 1 rings (SSSR count). The van der Waals surface area contributed by atoms with Gasteiger partial charge in [-0.05, 0) is 19.1 Å². The van der Waals surface area contributed by atoms with Gasteiger partial charge in [-0.2, -0.15) is 0 Å². The van der Waals surface area contributed by atoms with E-state index in [0.29, 0.717) is 11.5 Å². The second kappa shape index (κ2) is 5.25. The van der Waals surface area contributed by atoms with Gasteiger partial charge in [-0.15, -0.1) is 0 Å². The van der Waals surface area contributed by atoms with E-state index in [0.717, 1.165) is 0 Å². The highest BCUT2D eigenvalue weighted by Crippen LogP contribution is 2.20. The Hall–Kier alpha value is -1.91. The molecule has 0 saturated carbocycles. The van der Waals surface area contributed by atoms with E-state index in [1.165, 1.54) is 6.92 Å². The Kier molecular flexibility index (Phi) is 3.99. The lowest BCUT2D eigenvalue weighted by Gasteiger charge is -2.15. The minimum absolute atomic E-state index is 0.109. The molecule has 0 radical (unpaired) electrons. The first-order valence-corrected chi connectivity index (χ1v) is 4.92. The zero-order chi connectivity index (χ0) is 12.1. The number of pyridine rings is 1. The summed E-state index contributed by atoms with van der Waals surface area (Å²) in [6.07, 6.45) is 1.54. The van der Waals surface area contributed by atoms with Crippen LogP contribution in [0.25, 0.3) is 0 Å². The lowest BCUT2D eigenvalue weighted by atomic mass is 10.3. The van der Waals surface area contributed by atoms with E-state index < -0.39 is 0 Å². The minimum Gasteiger partial charge on any atom is -0.361 e. The fourth-order valence-corrected chi connectivity index (χ4v) is 1.27. The Morgan fingerprint density at radius 1 is 1.44 bits per heavy atom. The van der Waals surface area contributed by atoms with Crippen LogP contribution in [-0.2, 0) is 9.59 Å². The van der Waals surface area contributed by atoms with Gasteiger partial charge in [-0.1, -0.05) is 0 Å². The third-order valence-electron chi connectivity index (χ3n) is 1.89. The summed E-state index contributed by atoms with van der Waals surface area (Å²) in [6, 6.07) is 3.48. The van der Waals surface area contributed by atoms with Gasteiger partial charge in [0.2, 0.25) is 5.91 Å². The van der Waals surface area contributed by atoms with Gasteiger partial charge in [-0.25, -0.2) is 4.98 Å². The fraction of sp³-hybridized carbons (Fsp3) is 0.364. The summed E-state index contributed by atoms with van der Waals surface area (Å²) in [5.74, 6) is 0.191. The molecule has 0 atom stereocenters. The first-order chi connectivity index (χ1) is 7.50. The van der Waals surface area contributed by atoms with E-state index >= 15 is 0 Å². The zero-order valence-corrected chi connectivity index (χ0v) is 9.65. The number of carbonyl (C=O) groups excluding carboxylic acids is 2. The highest BCUT2D eigenvalue weighted by Gasteiger charge is 2.10. The highest BCUT2D eigenvalue weighted by atomic mass is 16.2. The average molecular weight is 221 g/mol. The van der Waals surface area contributed by atoms with Crippen LogP contribution in [0.1, 0.15) is 13.3 Å². The summed E-state index contributed by atoms with van der Waals surface area (Å²) in [7, 11) is 3.67. The van der Waals surface area contributed by atoms with Gasteiger partial charge in [0, 0.05) is 20.3 Å². The first kappa shape index (κ1) is 12.2. The third kappa shape index (κ3) is 3.34. The van der Waals surface area contributed by atoms with Crippen LogP contribution in [0.2, 0.25) is 0 Å². The van der Waals surface area contributed by atoms with Gasteiger partial charge >= 0.3 is 0 Å². The standard InChI is InChI=1S/C11H15N3O2/c1-8(15)7-10(16)13-9-5-4-6-12-11(9)14(2)3/h4-6H,7H2,1-3H3,(H,13,16). The van der Waals surface area contributed by atoms with Crippen molar-refractivity contribution in [2.24, 2.45) is 0 Å². The van der Waals surface area contributed by atoms with E-state index in [9.17, 15) is 9.59 Å². The number of anilines is 2. The molecule has 1 amide bonds. The number of ketones is 1. The average Bonchev–Trinajstić information content (AvgIpc) is 2.16. The molecule has 0 aliphatic rings. The second-order valence-corrected chi connectivity index (χ2v) is 3.70. The molecule has 1 aromatic heterocycles.